The molecular formula is C18H30N4O4. The van der Waals surface area contributed by atoms with Crippen LogP contribution in [0.5, 0.6) is 0 Å². The highest BCUT2D eigenvalue weighted by Gasteiger charge is 2.32. The molecule has 1 aliphatic rings. The van der Waals surface area contributed by atoms with E-state index in [-0.39, 0.29) is 28.9 Å². The van der Waals surface area contributed by atoms with Crippen LogP contribution in [0.4, 0.5) is 0 Å². The van der Waals surface area contributed by atoms with Gasteiger partial charge < -0.3 is 26.2 Å². The number of aliphatic hydroxyl groups excluding tert-OH is 1. The molecule has 0 radical (unpaired) electrons. The highest BCUT2D eigenvalue weighted by Crippen LogP contribution is 2.29. The quantitative estimate of drug-likeness (QED) is 0.277. The lowest BCUT2D eigenvalue weighted by Gasteiger charge is -2.21. The van der Waals surface area contributed by atoms with Gasteiger partial charge in [-0.1, -0.05) is 0 Å². The van der Waals surface area contributed by atoms with Crippen LogP contribution in [-0.4, -0.2) is 48.4 Å². The van der Waals surface area contributed by atoms with Gasteiger partial charge in [-0.15, -0.1) is 0 Å². The van der Waals surface area contributed by atoms with E-state index >= 15 is 0 Å². The second-order valence-electron chi connectivity index (χ2n) is 6.06. The summed E-state index contributed by atoms with van der Waals surface area (Å²) in [6.45, 7) is 11.7. The first-order valence-corrected chi connectivity index (χ1v) is 8.09. The van der Waals surface area contributed by atoms with Crippen LogP contribution in [0, 0.1) is 0 Å². The summed E-state index contributed by atoms with van der Waals surface area (Å²) in [5, 5.41) is 10.2. The van der Waals surface area contributed by atoms with Crippen LogP contribution in [0.3, 0.4) is 0 Å². The van der Waals surface area contributed by atoms with E-state index in [9.17, 15) is 9.59 Å². The number of hydrogen-bond acceptors (Lipinski definition) is 8. The molecule has 0 bridgehead atoms. The second-order valence-corrected chi connectivity index (χ2v) is 6.06. The van der Waals surface area contributed by atoms with E-state index in [2.05, 4.69) is 11.9 Å². The standard InChI is InChI=1S/C17H26N4O3.CH4O/c1-10(2)16(19)17(23)15-13(8-24-12(5)18)6-21(14(15)7-22)9-20-11(3)4;1-2/h7-8,11,20H,5-6,9,18-19H2,1-4H3;2H,1H3/b13-8-;. The van der Waals surface area contributed by atoms with Crippen molar-refractivity contribution in [3.8, 4) is 0 Å². The van der Waals surface area contributed by atoms with Crippen LogP contribution in [-0.2, 0) is 14.3 Å². The Labute approximate surface area is 154 Å². The third-order valence-electron chi connectivity index (χ3n) is 3.44. The molecule has 0 atom stereocenters. The molecule has 0 unspecified atom stereocenters. The summed E-state index contributed by atoms with van der Waals surface area (Å²) in [6.07, 6.45) is 2.00. The third-order valence-corrected chi connectivity index (χ3v) is 3.44. The van der Waals surface area contributed by atoms with Crippen molar-refractivity contribution in [2.75, 3.05) is 20.3 Å². The minimum Gasteiger partial charge on any atom is -0.450 e. The Morgan fingerprint density at radius 3 is 2.38 bits per heavy atom. The molecule has 1 heterocycles. The molecule has 0 saturated carbocycles. The van der Waals surface area contributed by atoms with Crippen molar-refractivity contribution >= 4 is 12.1 Å². The largest absolute Gasteiger partial charge is 0.450 e. The van der Waals surface area contributed by atoms with Gasteiger partial charge in [-0.25, -0.2) is 0 Å². The summed E-state index contributed by atoms with van der Waals surface area (Å²) >= 11 is 0. The Kier molecular flexibility index (Phi) is 10.0. The molecular weight excluding hydrogens is 336 g/mol. The average Bonchev–Trinajstić information content (AvgIpc) is 2.95. The van der Waals surface area contributed by atoms with E-state index in [1.807, 2.05) is 13.8 Å². The van der Waals surface area contributed by atoms with Gasteiger partial charge in [-0.2, -0.15) is 0 Å². The van der Waals surface area contributed by atoms with Gasteiger partial charge in [-0.05, 0) is 39.8 Å². The highest BCUT2D eigenvalue weighted by atomic mass is 16.5. The zero-order chi connectivity index (χ0) is 20.4. The van der Waals surface area contributed by atoms with E-state index in [4.69, 9.17) is 21.3 Å². The number of ketones is 1. The number of carbonyl (C=O) groups excluding carboxylic acids is 2. The fourth-order valence-corrected chi connectivity index (χ4v) is 2.13. The molecule has 0 amide bonds. The number of ether oxygens (including phenoxy) is 1. The first-order valence-electron chi connectivity index (χ1n) is 8.09. The lowest BCUT2D eigenvalue weighted by molar-refractivity contribution is -0.113. The van der Waals surface area contributed by atoms with Crippen LogP contribution in [0.2, 0.25) is 0 Å². The summed E-state index contributed by atoms with van der Waals surface area (Å²) in [7, 11) is 1.00. The molecule has 1 rings (SSSR count). The summed E-state index contributed by atoms with van der Waals surface area (Å²) < 4.78 is 5.13. The summed E-state index contributed by atoms with van der Waals surface area (Å²) in [4.78, 5) is 26.1. The zero-order valence-electron chi connectivity index (χ0n) is 16.1. The van der Waals surface area contributed by atoms with Crippen molar-refractivity contribution in [1.29, 1.82) is 0 Å². The molecule has 1 aliphatic heterocycles. The predicted molar refractivity (Wildman–Crippen MR) is 101 cm³/mol. The van der Waals surface area contributed by atoms with Crippen molar-refractivity contribution in [2.24, 2.45) is 11.5 Å². The number of allylic oxidation sites excluding steroid dienone is 3. The molecule has 0 aromatic heterocycles. The molecule has 8 heteroatoms. The summed E-state index contributed by atoms with van der Waals surface area (Å²) in [5.74, 6) is -0.405. The third kappa shape index (κ3) is 6.38. The van der Waals surface area contributed by atoms with E-state index in [1.165, 1.54) is 6.26 Å². The number of aliphatic hydroxyl groups is 1. The fourth-order valence-electron chi connectivity index (χ4n) is 2.13. The Morgan fingerprint density at radius 1 is 1.38 bits per heavy atom. The van der Waals surface area contributed by atoms with Crippen molar-refractivity contribution in [2.45, 2.75) is 33.7 Å². The summed E-state index contributed by atoms with van der Waals surface area (Å²) in [6, 6.07) is 0.230. The van der Waals surface area contributed by atoms with E-state index in [0.29, 0.717) is 30.6 Å². The molecule has 6 N–H and O–H groups in total. The molecule has 0 aromatic rings. The van der Waals surface area contributed by atoms with Crippen LogP contribution >= 0.6 is 0 Å². The van der Waals surface area contributed by atoms with Crippen molar-refractivity contribution < 1.29 is 19.4 Å². The zero-order valence-corrected chi connectivity index (χ0v) is 16.1. The first kappa shape index (κ1) is 23.4. The second kappa shape index (κ2) is 11.1. The van der Waals surface area contributed by atoms with Gasteiger partial charge in [-0.3, -0.25) is 14.9 Å². The lowest BCUT2D eigenvalue weighted by atomic mass is 10.00. The molecule has 146 valence electrons. The molecule has 0 aliphatic carbocycles. The SMILES string of the molecule is C=C(N)O/C=C1/CN(CNC(C)C)C(C=O)=C1C(=O)C(N)=C(C)C.CO. The van der Waals surface area contributed by atoms with Gasteiger partial charge in [0.1, 0.15) is 0 Å². The molecule has 8 nitrogen and oxygen atoms in total. The number of nitrogens with zero attached hydrogens (tertiary/aromatic N) is 1. The minimum absolute atomic E-state index is 0.00380. The Morgan fingerprint density at radius 2 is 1.96 bits per heavy atom. The first-order chi connectivity index (χ1) is 12.2. The number of aldehydes is 1. The van der Waals surface area contributed by atoms with Gasteiger partial charge in [0, 0.05) is 25.3 Å². The van der Waals surface area contributed by atoms with Gasteiger partial charge >= 0.3 is 0 Å². The van der Waals surface area contributed by atoms with Crippen LogP contribution in [0.25, 0.3) is 0 Å². The number of nitrogens with one attached hydrogen (secondary N) is 1. The smallest absolute Gasteiger partial charge is 0.211 e. The molecule has 26 heavy (non-hydrogen) atoms. The van der Waals surface area contributed by atoms with E-state index < -0.39 is 5.78 Å². The molecule has 0 fully saturated rings. The monoisotopic (exact) mass is 366 g/mol. The summed E-state index contributed by atoms with van der Waals surface area (Å²) in [5.41, 5.74) is 13.1. The number of hydrogen-bond donors (Lipinski definition) is 4. The Bertz CT molecular complexity index is 629. The molecule has 0 aromatic carbocycles. The maximum atomic E-state index is 12.7. The number of nitrogens with two attached hydrogens (primary N) is 2. The van der Waals surface area contributed by atoms with Crippen LogP contribution in [0.1, 0.15) is 27.7 Å². The number of carbonyl (C=O) groups is 2. The van der Waals surface area contributed by atoms with Crippen molar-refractivity contribution in [3.05, 3.63) is 46.8 Å². The van der Waals surface area contributed by atoms with E-state index in [1.54, 1.807) is 18.7 Å². The molecule has 0 spiro atoms. The number of Topliss-reactive ketones (excluding diaryl/α,β-unsaturated/α-hetero) is 1. The number of rotatable bonds is 8. The maximum Gasteiger partial charge on any atom is 0.211 e. The van der Waals surface area contributed by atoms with Gasteiger partial charge in [0.05, 0.1) is 29.9 Å². The van der Waals surface area contributed by atoms with Gasteiger partial charge in [0.25, 0.3) is 0 Å². The molecule has 0 saturated heterocycles. The Balaban J connectivity index is 0.00000301. The normalized spacial score (nSPS) is 14.9. The van der Waals surface area contributed by atoms with Crippen LogP contribution in [0.15, 0.2) is 46.8 Å². The van der Waals surface area contributed by atoms with E-state index in [0.717, 1.165) is 7.11 Å². The Hall–Kier alpha value is -2.58. The van der Waals surface area contributed by atoms with Gasteiger partial charge in [0.15, 0.2) is 12.2 Å². The fraction of sp³-hybridized carbons (Fsp3) is 0.444. The van der Waals surface area contributed by atoms with Gasteiger partial charge in [0.2, 0.25) is 5.78 Å². The lowest BCUT2D eigenvalue weighted by Crippen LogP contribution is -2.36. The topological polar surface area (TPSA) is 131 Å². The average molecular weight is 366 g/mol. The van der Waals surface area contributed by atoms with Crippen LogP contribution < -0.4 is 16.8 Å². The maximum absolute atomic E-state index is 12.7. The van der Waals surface area contributed by atoms with Crippen molar-refractivity contribution in [1.82, 2.24) is 10.2 Å². The minimum atomic E-state index is -0.401. The highest BCUT2D eigenvalue weighted by molar-refractivity contribution is 6.14. The van der Waals surface area contributed by atoms with Crippen molar-refractivity contribution in [3.63, 3.8) is 0 Å². The predicted octanol–water partition coefficient (Wildman–Crippen LogP) is 0.471.